The number of aromatic nitrogens is 1. The van der Waals surface area contributed by atoms with E-state index in [4.69, 9.17) is 0 Å². The summed E-state index contributed by atoms with van der Waals surface area (Å²) in [6, 6.07) is 1.67. The van der Waals surface area contributed by atoms with Crippen LogP contribution < -0.4 is 5.43 Å². The number of aromatic amines is 1. The van der Waals surface area contributed by atoms with Crippen molar-refractivity contribution in [3.05, 3.63) is 45.5 Å². The Labute approximate surface area is 94.1 Å². The molecule has 88 valence electrons. The van der Waals surface area contributed by atoms with E-state index in [0.717, 1.165) is 12.8 Å². The van der Waals surface area contributed by atoms with Crippen molar-refractivity contribution in [1.82, 2.24) is 4.98 Å². The highest BCUT2D eigenvalue weighted by Crippen LogP contribution is 2.39. The number of benzene rings is 1. The number of fused-ring (bicyclic) bond motifs is 1. The molecule has 1 fully saturated rings. The van der Waals surface area contributed by atoms with Crippen molar-refractivity contribution in [1.29, 1.82) is 0 Å². The smallest absolute Gasteiger partial charge is 0.192 e. The lowest BCUT2D eigenvalue weighted by Crippen LogP contribution is -2.09. The molecular formula is C12H8F3NO. The molecule has 1 heterocycles. The van der Waals surface area contributed by atoms with Gasteiger partial charge in [0.25, 0.3) is 0 Å². The molecule has 1 aliphatic carbocycles. The van der Waals surface area contributed by atoms with Gasteiger partial charge in [0.05, 0.1) is 10.9 Å². The van der Waals surface area contributed by atoms with Crippen LogP contribution >= 0.6 is 0 Å². The van der Waals surface area contributed by atoms with Gasteiger partial charge in [-0.1, -0.05) is 0 Å². The van der Waals surface area contributed by atoms with Crippen LogP contribution in [0.25, 0.3) is 10.9 Å². The number of hydrogen-bond donors (Lipinski definition) is 1. The first-order valence-corrected chi connectivity index (χ1v) is 5.28. The molecule has 1 aromatic carbocycles. The molecule has 1 aromatic heterocycles. The first-order chi connectivity index (χ1) is 8.08. The van der Waals surface area contributed by atoms with E-state index < -0.39 is 28.3 Å². The fourth-order valence-electron chi connectivity index (χ4n) is 1.96. The zero-order valence-corrected chi connectivity index (χ0v) is 8.69. The zero-order chi connectivity index (χ0) is 12.2. The Morgan fingerprint density at radius 1 is 1.12 bits per heavy atom. The van der Waals surface area contributed by atoms with Crippen LogP contribution in [0.1, 0.15) is 24.5 Å². The normalized spacial score (nSPS) is 15.5. The molecule has 0 spiro atoms. The minimum atomic E-state index is -1.35. The topological polar surface area (TPSA) is 32.9 Å². The monoisotopic (exact) mass is 239 g/mol. The lowest BCUT2D eigenvalue weighted by Gasteiger charge is -2.05. The Morgan fingerprint density at radius 2 is 1.82 bits per heavy atom. The number of rotatable bonds is 1. The van der Waals surface area contributed by atoms with E-state index in [1.807, 2.05) is 0 Å². The molecule has 1 saturated carbocycles. The van der Waals surface area contributed by atoms with E-state index in [1.54, 1.807) is 0 Å². The van der Waals surface area contributed by atoms with E-state index in [0.29, 0.717) is 11.8 Å². The third-order valence-corrected chi connectivity index (χ3v) is 2.99. The van der Waals surface area contributed by atoms with Gasteiger partial charge in [0.2, 0.25) is 0 Å². The van der Waals surface area contributed by atoms with E-state index in [-0.39, 0.29) is 11.4 Å². The fraction of sp³-hybridized carbons (Fsp3) is 0.250. The van der Waals surface area contributed by atoms with Gasteiger partial charge in [-0.25, -0.2) is 13.2 Å². The molecule has 1 aliphatic rings. The average molecular weight is 239 g/mol. The molecule has 17 heavy (non-hydrogen) atoms. The van der Waals surface area contributed by atoms with Gasteiger partial charge in [0.1, 0.15) is 0 Å². The highest BCUT2D eigenvalue weighted by Gasteiger charge is 2.26. The predicted octanol–water partition coefficient (Wildman–Crippen LogP) is 2.82. The number of nitrogens with one attached hydrogen (secondary N) is 1. The maximum atomic E-state index is 13.5. The molecule has 0 radical (unpaired) electrons. The van der Waals surface area contributed by atoms with E-state index in [9.17, 15) is 18.0 Å². The van der Waals surface area contributed by atoms with Crippen LogP contribution in [0, 0.1) is 17.5 Å². The predicted molar refractivity (Wildman–Crippen MR) is 56.4 cm³/mol. The SMILES string of the molecule is O=c1cc(C2CC2)[nH]c2c(F)cc(F)c(F)c12. The van der Waals surface area contributed by atoms with Crippen LogP contribution in [0.4, 0.5) is 13.2 Å². The average Bonchev–Trinajstić information content (AvgIpc) is 3.09. The van der Waals surface area contributed by atoms with Crippen molar-refractivity contribution in [3.8, 4) is 0 Å². The molecule has 0 aliphatic heterocycles. The van der Waals surface area contributed by atoms with Crippen molar-refractivity contribution in [3.63, 3.8) is 0 Å². The Balaban J connectivity index is 2.42. The molecule has 0 atom stereocenters. The Kier molecular flexibility index (Phi) is 2.05. The van der Waals surface area contributed by atoms with Crippen LogP contribution in [0.2, 0.25) is 0 Å². The maximum absolute atomic E-state index is 13.5. The summed E-state index contributed by atoms with van der Waals surface area (Å²) < 4.78 is 39.9. The quantitative estimate of drug-likeness (QED) is 0.762. The summed E-state index contributed by atoms with van der Waals surface area (Å²) in [5, 5.41) is -0.549. The van der Waals surface area contributed by atoms with Crippen LogP contribution in [0.3, 0.4) is 0 Å². The van der Waals surface area contributed by atoms with Crippen LogP contribution in [0.15, 0.2) is 16.9 Å². The van der Waals surface area contributed by atoms with Crippen molar-refractivity contribution < 1.29 is 13.2 Å². The van der Waals surface area contributed by atoms with Gasteiger partial charge in [-0.2, -0.15) is 0 Å². The number of pyridine rings is 1. The summed E-state index contributed by atoms with van der Waals surface area (Å²) in [6.45, 7) is 0. The van der Waals surface area contributed by atoms with Crippen LogP contribution in [0.5, 0.6) is 0 Å². The van der Waals surface area contributed by atoms with Crippen LogP contribution in [-0.4, -0.2) is 4.98 Å². The van der Waals surface area contributed by atoms with Gasteiger partial charge in [-0.15, -0.1) is 0 Å². The first-order valence-electron chi connectivity index (χ1n) is 5.28. The van der Waals surface area contributed by atoms with Crippen molar-refractivity contribution in [2.45, 2.75) is 18.8 Å². The highest BCUT2D eigenvalue weighted by molar-refractivity contribution is 5.80. The lowest BCUT2D eigenvalue weighted by atomic mass is 10.1. The van der Waals surface area contributed by atoms with Gasteiger partial charge >= 0.3 is 0 Å². The minimum Gasteiger partial charge on any atom is -0.355 e. The van der Waals surface area contributed by atoms with Gasteiger partial charge in [-0.05, 0) is 18.8 Å². The van der Waals surface area contributed by atoms with Crippen molar-refractivity contribution >= 4 is 10.9 Å². The maximum Gasteiger partial charge on any atom is 0.192 e. The second kappa shape index (κ2) is 3.35. The molecule has 1 N–H and O–H groups in total. The molecule has 3 rings (SSSR count). The molecule has 0 bridgehead atoms. The standard InChI is InChI=1S/C12H8F3NO/c13-6-3-7(14)12-10(11(6)15)9(17)4-8(16-12)5-1-2-5/h3-5H,1-2H2,(H,16,17). The summed E-state index contributed by atoms with van der Waals surface area (Å²) in [5.74, 6) is -3.39. The third kappa shape index (κ3) is 1.53. The second-order valence-electron chi connectivity index (χ2n) is 4.27. The number of H-pyrrole nitrogens is 1. The molecule has 5 heteroatoms. The summed E-state index contributed by atoms with van der Waals surface area (Å²) in [5.41, 5.74) is -0.345. The summed E-state index contributed by atoms with van der Waals surface area (Å²) in [7, 11) is 0. The summed E-state index contributed by atoms with van der Waals surface area (Å²) in [6.07, 6.45) is 1.85. The summed E-state index contributed by atoms with van der Waals surface area (Å²) in [4.78, 5) is 14.3. The number of halogens is 3. The molecule has 0 saturated heterocycles. The molecule has 0 unspecified atom stereocenters. The molecular weight excluding hydrogens is 231 g/mol. The van der Waals surface area contributed by atoms with E-state index in [1.165, 1.54) is 6.07 Å². The van der Waals surface area contributed by atoms with E-state index in [2.05, 4.69) is 4.98 Å². The van der Waals surface area contributed by atoms with E-state index >= 15 is 0 Å². The minimum absolute atomic E-state index is 0.208. The molecule has 2 nitrogen and oxygen atoms in total. The highest BCUT2D eigenvalue weighted by atomic mass is 19.2. The summed E-state index contributed by atoms with van der Waals surface area (Å²) >= 11 is 0. The fourth-order valence-corrected chi connectivity index (χ4v) is 1.96. The van der Waals surface area contributed by atoms with Gasteiger partial charge in [0, 0.05) is 17.8 Å². The molecule has 2 aromatic rings. The molecule has 0 amide bonds. The lowest BCUT2D eigenvalue weighted by molar-refractivity contribution is 0.504. The van der Waals surface area contributed by atoms with Crippen LogP contribution in [-0.2, 0) is 0 Å². The third-order valence-electron chi connectivity index (χ3n) is 2.99. The van der Waals surface area contributed by atoms with Crippen molar-refractivity contribution in [2.24, 2.45) is 0 Å². The Bertz CT molecular complexity index is 673. The number of hydrogen-bond acceptors (Lipinski definition) is 1. The largest absolute Gasteiger partial charge is 0.355 e. The Morgan fingerprint density at radius 3 is 2.47 bits per heavy atom. The zero-order valence-electron chi connectivity index (χ0n) is 8.69. The second-order valence-corrected chi connectivity index (χ2v) is 4.27. The van der Waals surface area contributed by atoms with Gasteiger partial charge in [-0.3, -0.25) is 4.79 Å². The Hall–Kier alpha value is -1.78. The van der Waals surface area contributed by atoms with Gasteiger partial charge < -0.3 is 4.98 Å². The van der Waals surface area contributed by atoms with Gasteiger partial charge in [0.15, 0.2) is 22.9 Å². The van der Waals surface area contributed by atoms with Crippen molar-refractivity contribution in [2.75, 3.05) is 0 Å². The first kappa shape index (κ1) is 10.4.